The van der Waals surface area contributed by atoms with Gasteiger partial charge in [-0.25, -0.2) is 9.98 Å². The molecule has 1 aliphatic heterocycles. The van der Waals surface area contributed by atoms with Crippen molar-refractivity contribution >= 4 is 5.96 Å². The van der Waals surface area contributed by atoms with E-state index in [2.05, 4.69) is 32.4 Å². The number of oxazole rings is 1. The molecule has 0 atom stereocenters. The molecule has 0 aromatic carbocycles. The first-order valence-corrected chi connectivity index (χ1v) is 8.86. The summed E-state index contributed by atoms with van der Waals surface area (Å²) in [5.41, 5.74) is 0.940. The van der Waals surface area contributed by atoms with E-state index >= 15 is 0 Å². The molecule has 1 fully saturated rings. The summed E-state index contributed by atoms with van der Waals surface area (Å²) >= 11 is 0. The van der Waals surface area contributed by atoms with Crippen molar-refractivity contribution < 1.29 is 4.42 Å². The molecule has 1 aromatic rings. The second kappa shape index (κ2) is 9.55. The van der Waals surface area contributed by atoms with E-state index in [1.807, 2.05) is 13.8 Å². The summed E-state index contributed by atoms with van der Waals surface area (Å²) in [5, 5.41) is 6.65. The first-order chi connectivity index (χ1) is 11.2. The van der Waals surface area contributed by atoms with Crippen molar-refractivity contribution in [2.24, 2.45) is 4.99 Å². The molecule has 2 rings (SSSR count). The van der Waals surface area contributed by atoms with Gasteiger partial charge in [0, 0.05) is 13.1 Å². The van der Waals surface area contributed by atoms with Crippen LogP contribution in [0.15, 0.2) is 9.41 Å². The topological polar surface area (TPSA) is 65.7 Å². The van der Waals surface area contributed by atoms with E-state index in [1.165, 1.54) is 38.9 Å². The highest BCUT2D eigenvalue weighted by Crippen LogP contribution is 2.09. The minimum Gasteiger partial charge on any atom is -0.444 e. The Morgan fingerprint density at radius 1 is 1.22 bits per heavy atom. The molecule has 0 aliphatic carbocycles. The van der Waals surface area contributed by atoms with Crippen molar-refractivity contribution in [3.05, 3.63) is 17.3 Å². The van der Waals surface area contributed by atoms with Crippen molar-refractivity contribution in [1.82, 2.24) is 20.5 Å². The maximum Gasteiger partial charge on any atom is 0.216 e. The number of aliphatic imine (C=N–C) groups is 1. The molecule has 0 amide bonds. The standard InChI is InChI=1S/C17H31N5O/c1-4-18-17(20-13-16-21-14(2)15(3)23-16)19-9-5-6-10-22-11-7-8-12-22/h4-13H2,1-3H3,(H2,18,19,20). The molecule has 0 radical (unpaired) electrons. The van der Waals surface area contributed by atoms with E-state index < -0.39 is 0 Å². The molecule has 6 nitrogen and oxygen atoms in total. The van der Waals surface area contributed by atoms with Crippen LogP contribution in [0, 0.1) is 13.8 Å². The third-order valence-electron chi connectivity index (χ3n) is 4.18. The molecule has 23 heavy (non-hydrogen) atoms. The van der Waals surface area contributed by atoms with Crippen molar-refractivity contribution in [3.8, 4) is 0 Å². The predicted molar refractivity (Wildman–Crippen MR) is 93.7 cm³/mol. The molecule has 130 valence electrons. The Morgan fingerprint density at radius 2 is 2.00 bits per heavy atom. The SMILES string of the molecule is CCNC(=NCc1nc(C)c(C)o1)NCCCCN1CCCC1. The van der Waals surface area contributed by atoms with Gasteiger partial charge in [0.15, 0.2) is 5.96 Å². The van der Waals surface area contributed by atoms with Gasteiger partial charge in [-0.05, 0) is 66.1 Å². The number of nitrogens with one attached hydrogen (secondary N) is 2. The Morgan fingerprint density at radius 3 is 2.65 bits per heavy atom. The van der Waals surface area contributed by atoms with Gasteiger partial charge < -0.3 is 20.0 Å². The van der Waals surface area contributed by atoms with Crippen LogP contribution in [0.25, 0.3) is 0 Å². The molecule has 1 aliphatic rings. The van der Waals surface area contributed by atoms with Gasteiger partial charge in [-0.15, -0.1) is 0 Å². The van der Waals surface area contributed by atoms with Gasteiger partial charge in [0.25, 0.3) is 0 Å². The van der Waals surface area contributed by atoms with Gasteiger partial charge >= 0.3 is 0 Å². The quantitative estimate of drug-likeness (QED) is 0.437. The van der Waals surface area contributed by atoms with Crippen LogP contribution in [-0.4, -0.2) is 48.6 Å². The van der Waals surface area contributed by atoms with Crippen LogP contribution < -0.4 is 10.6 Å². The number of nitrogens with zero attached hydrogens (tertiary/aromatic N) is 3. The molecule has 1 aromatic heterocycles. The van der Waals surface area contributed by atoms with Crippen molar-refractivity contribution in [2.45, 2.75) is 53.0 Å². The molecule has 0 spiro atoms. The summed E-state index contributed by atoms with van der Waals surface area (Å²) in [6, 6.07) is 0. The van der Waals surface area contributed by atoms with Crippen molar-refractivity contribution in [1.29, 1.82) is 0 Å². The molecule has 2 N–H and O–H groups in total. The highest BCUT2D eigenvalue weighted by molar-refractivity contribution is 5.79. The molecule has 0 bridgehead atoms. The maximum absolute atomic E-state index is 5.56. The van der Waals surface area contributed by atoms with E-state index in [-0.39, 0.29) is 0 Å². The monoisotopic (exact) mass is 321 g/mol. The maximum atomic E-state index is 5.56. The van der Waals surface area contributed by atoms with E-state index in [1.54, 1.807) is 0 Å². The zero-order chi connectivity index (χ0) is 16.5. The number of aryl methyl sites for hydroxylation is 2. The second-order valence-electron chi connectivity index (χ2n) is 6.13. The number of rotatable bonds is 8. The largest absolute Gasteiger partial charge is 0.444 e. The van der Waals surface area contributed by atoms with E-state index in [4.69, 9.17) is 4.42 Å². The predicted octanol–water partition coefficient (Wildman–Crippen LogP) is 2.22. The fraction of sp³-hybridized carbons (Fsp3) is 0.765. The summed E-state index contributed by atoms with van der Waals surface area (Å²) in [4.78, 5) is 11.5. The van der Waals surface area contributed by atoms with Crippen LogP contribution in [0.1, 0.15) is 50.0 Å². The normalized spacial score (nSPS) is 16.0. The Hall–Kier alpha value is -1.56. The third kappa shape index (κ3) is 6.22. The first-order valence-electron chi connectivity index (χ1n) is 8.86. The van der Waals surface area contributed by atoms with Gasteiger partial charge in [0.1, 0.15) is 12.3 Å². The number of hydrogen-bond acceptors (Lipinski definition) is 4. The van der Waals surface area contributed by atoms with Crippen molar-refractivity contribution in [2.75, 3.05) is 32.7 Å². The van der Waals surface area contributed by atoms with Crippen LogP contribution in [0.3, 0.4) is 0 Å². The van der Waals surface area contributed by atoms with Crippen LogP contribution in [-0.2, 0) is 6.54 Å². The smallest absolute Gasteiger partial charge is 0.216 e. The Balaban J connectivity index is 1.68. The molecule has 6 heteroatoms. The van der Waals surface area contributed by atoms with Crippen LogP contribution in [0.5, 0.6) is 0 Å². The van der Waals surface area contributed by atoms with E-state index in [0.29, 0.717) is 12.4 Å². The highest BCUT2D eigenvalue weighted by atomic mass is 16.4. The minimum absolute atomic E-state index is 0.470. The lowest BCUT2D eigenvalue weighted by atomic mass is 10.3. The third-order valence-corrected chi connectivity index (χ3v) is 4.18. The number of aromatic nitrogens is 1. The molecular weight excluding hydrogens is 290 g/mol. The number of guanidine groups is 1. The summed E-state index contributed by atoms with van der Waals surface area (Å²) in [6.07, 6.45) is 5.15. The summed E-state index contributed by atoms with van der Waals surface area (Å²) < 4.78 is 5.56. The zero-order valence-electron chi connectivity index (χ0n) is 14.8. The van der Waals surface area contributed by atoms with Crippen molar-refractivity contribution in [3.63, 3.8) is 0 Å². The number of unbranched alkanes of at least 4 members (excludes halogenated alkanes) is 1. The lowest BCUT2D eigenvalue weighted by Crippen LogP contribution is -2.38. The second-order valence-corrected chi connectivity index (χ2v) is 6.13. The summed E-state index contributed by atoms with van der Waals surface area (Å²) in [6.45, 7) is 12.0. The summed E-state index contributed by atoms with van der Waals surface area (Å²) in [5.74, 6) is 2.38. The van der Waals surface area contributed by atoms with E-state index in [9.17, 15) is 0 Å². The van der Waals surface area contributed by atoms with Gasteiger partial charge in [0.05, 0.1) is 5.69 Å². The van der Waals surface area contributed by atoms with Crippen LogP contribution in [0.2, 0.25) is 0 Å². The first kappa shape index (κ1) is 17.8. The average molecular weight is 321 g/mol. The lowest BCUT2D eigenvalue weighted by molar-refractivity contribution is 0.330. The molecule has 0 saturated carbocycles. The number of hydrogen-bond donors (Lipinski definition) is 2. The Kier molecular flexibility index (Phi) is 7.39. The Bertz CT molecular complexity index is 472. The van der Waals surface area contributed by atoms with E-state index in [0.717, 1.165) is 36.9 Å². The van der Waals surface area contributed by atoms with Gasteiger partial charge in [-0.3, -0.25) is 0 Å². The Labute approximate surface area is 139 Å². The van der Waals surface area contributed by atoms with Crippen LogP contribution >= 0.6 is 0 Å². The molecule has 2 heterocycles. The van der Waals surface area contributed by atoms with Gasteiger partial charge in [0.2, 0.25) is 5.89 Å². The molecular formula is C17H31N5O. The average Bonchev–Trinajstić information content (AvgIpc) is 3.15. The van der Waals surface area contributed by atoms with Gasteiger partial charge in [-0.2, -0.15) is 0 Å². The number of likely N-dealkylation sites (tertiary alicyclic amines) is 1. The summed E-state index contributed by atoms with van der Waals surface area (Å²) in [7, 11) is 0. The molecule has 0 unspecified atom stereocenters. The fourth-order valence-corrected chi connectivity index (χ4v) is 2.77. The zero-order valence-corrected chi connectivity index (χ0v) is 14.8. The van der Waals surface area contributed by atoms with Gasteiger partial charge in [-0.1, -0.05) is 0 Å². The highest BCUT2D eigenvalue weighted by Gasteiger charge is 2.10. The minimum atomic E-state index is 0.470. The molecule has 1 saturated heterocycles. The lowest BCUT2D eigenvalue weighted by Gasteiger charge is -2.15. The fourth-order valence-electron chi connectivity index (χ4n) is 2.77. The van der Waals surface area contributed by atoms with Crippen LogP contribution in [0.4, 0.5) is 0 Å².